The van der Waals surface area contributed by atoms with Crippen molar-refractivity contribution in [2.24, 2.45) is 0 Å². The molecule has 3 aromatic carbocycles. The second kappa shape index (κ2) is 10.3. The Morgan fingerprint density at radius 2 is 1.66 bits per heavy atom. The number of carbonyl (C=O) groups excluding carboxylic acids is 1. The third-order valence-electron chi connectivity index (χ3n) is 4.77. The summed E-state index contributed by atoms with van der Waals surface area (Å²) in [5, 5.41) is 2.60. The van der Waals surface area contributed by atoms with Crippen LogP contribution in [0.3, 0.4) is 0 Å². The van der Waals surface area contributed by atoms with Crippen LogP contribution in [0.5, 0.6) is 5.75 Å². The van der Waals surface area contributed by atoms with Gasteiger partial charge in [-0.2, -0.15) is 0 Å². The van der Waals surface area contributed by atoms with Crippen LogP contribution in [0.15, 0.2) is 77.7 Å². The Kier molecular flexibility index (Phi) is 7.48. The van der Waals surface area contributed by atoms with E-state index in [0.717, 1.165) is 9.87 Å². The molecule has 0 bridgehead atoms. The van der Waals surface area contributed by atoms with Gasteiger partial charge in [-0.25, -0.2) is 12.8 Å². The first kappa shape index (κ1) is 23.3. The summed E-state index contributed by atoms with van der Waals surface area (Å²) in [5.41, 5.74) is 1.62. The number of anilines is 1. The molecule has 0 saturated heterocycles. The summed E-state index contributed by atoms with van der Waals surface area (Å²) in [4.78, 5) is 12.7. The average molecular weight is 457 g/mol. The van der Waals surface area contributed by atoms with Crippen LogP contribution in [0, 0.1) is 12.7 Å². The van der Waals surface area contributed by atoms with Crippen LogP contribution < -0.4 is 14.4 Å². The van der Waals surface area contributed by atoms with E-state index in [0.29, 0.717) is 23.6 Å². The zero-order chi connectivity index (χ0) is 23.1. The molecule has 32 heavy (non-hydrogen) atoms. The van der Waals surface area contributed by atoms with E-state index in [1.165, 1.54) is 18.2 Å². The fourth-order valence-corrected chi connectivity index (χ4v) is 4.47. The van der Waals surface area contributed by atoms with Crippen molar-refractivity contribution in [2.75, 3.05) is 17.5 Å². The van der Waals surface area contributed by atoms with Gasteiger partial charge in [0.05, 0.1) is 17.2 Å². The third-order valence-corrected chi connectivity index (χ3v) is 6.55. The number of halogens is 1. The van der Waals surface area contributed by atoms with Gasteiger partial charge in [0.2, 0.25) is 5.91 Å². The van der Waals surface area contributed by atoms with Gasteiger partial charge in [0.25, 0.3) is 10.0 Å². The molecule has 3 aromatic rings. The fraction of sp³-hybridized carbons (Fsp3) is 0.208. The number of nitrogens with zero attached hydrogens (tertiary/aromatic N) is 1. The molecule has 3 rings (SSSR count). The topological polar surface area (TPSA) is 75.7 Å². The van der Waals surface area contributed by atoms with E-state index in [1.807, 2.05) is 13.8 Å². The Labute approximate surface area is 187 Å². The monoisotopic (exact) mass is 456 g/mol. The van der Waals surface area contributed by atoms with E-state index in [1.54, 1.807) is 54.6 Å². The maximum atomic E-state index is 13.8. The summed E-state index contributed by atoms with van der Waals surface area (Å²) in [5.74, 6) is -0.440. The van der Waals surface area contributed by atoms with Crippen LogP contribution >= 0.6 is 0 Å². The van der Waals surface area contributed by atoms with Crippen molar-refractivity contribution in [1.82, 2.24) is 5.32 Å². The first-order valence-electron chi connectivity index (χ1n) is 10.1. The van der Waals surface area contributed by atoms with E-state index >= 15 is 0 Å². The van der Waals surface area contributed by atoms with Gasteiger partial charge in [-0.05, 0) is 56.3 Å². The number of ether oxygens (including phenoxy) is 1. The summed E-state index contributed by atoms with van der Waals surface area (Å²) in [6, 6.07) is 18.9. The largest absolute Gasteiger partial charge is 0.494 e. The molecule has 1 amide bonds. The molecular weight excluding hydrogens is 431 g/mol. The minimum atomic E-state index is -4.04. The lowest BCUT2D eigenvalue weighted by molar-refractivity contribution is -0.119. The lowest BCUT2D eigenvalue weighted by Crippen LogP contribution is -2.40. The van der Waals surface area contributed by atoms with Gasteiger partial charge in [-0.15, -0.1) is 0 Å². The lowest BCUT2D eigenvalue weighted by Gasteiger charge is -2.24. The minimum Gasteiger partial charge on any atom is -0.494 e. The maximum Gasteiger partial charge on any atom is 0.264 e. The number of nitrogens with one attached hydrogen (secondary N) is 1. The molecule has 0 radical (unpaired) electrons. The number of amides is 1. The zero-order valence-corrected chi connectivity index (χ0v) is 18.7. The predicted octanol–water partition coefficient (Wildman–Crippen LogP) is 4.04. The molecule has 1 N–H and O–H groups in total. The SMILES string of the molecule is CCOc1ccc(S(=O)(=O)N(CC(=O)NCc2ccccc2F)c2ccc(C)cc2)cc1. The van der Waals surface area contributed by atoms with Crippen LogP contribution in [0.25, 0.3) is 0 Å². The van der Waals surface area contributed by atoms with Crippen molar-refractivity contribution < 1.29 is 22.3 Å². The smallest absolute Gasteiger partial charge is 0.264 e. The molecule has 6 nitrogen and oxygen atoms in total. The van der Waals surface area contributed by atoms with Gasteiger partial charge >= 0.3 is 0 Å². The average Bonchev–Trinajstić information content (AvgIpc) is 2.78. The van der Waals surface area contributed by atoms with Gasteiger partial charge < -0.3 is 10.1 Å². The van der Waals surface area contributed by atoms with E-state index in [4.69, 9.17) is 4.74 Å². The fourth-order valence-electron chi connectivity index (χ4n) is 3.05. The number of sulfonamides is 1. The molecule has 0 spiro atoms. The number of rotatable bonds is 9. The molecule has 8 heteroatoms. The van der Waals surface area contributed by atoms with E-state index in [-0.39, 0.29) is 11.4 Å². The Hall–Kier alpha value is -3.39. The van der Waals surface area contributed by atoms with Crippen molar-refractivity contribution in [3.05, 3.63) is 89.7 Å². The Balaban J connectivity index is 1.85. The number of hydrogen-bond acceptors (Lipinski definition) is 4. The van der Waals surface area contributed by atoms with Crippen LogP contribution in [0.4, 0.5) is 10.1 Å². The predicted molar refractivity (Wildman–Crippen MR) is 122 cm³/mol. The van der Waals surface area contributed by atoms with E-state index in [2.05, 4.69) is 5.32 Å². The van der Waals surface area contributed by atoms with Crippen molar-refractivity contribution >= 4 is 21.6 Å². The Morgan fingerprint density at radius 3 is 2.28 bits per heavy atom. The lowest BCUT2D eigenvalue weighted by atomic mass is 10.2. The van der Waals surface area contributed by atoms with Crippen molar-refractivity contribution in [2.45, 2.75) is 25.3 Å². The summed E-state index contributed by atoms with van der Waals surface area (Å²) in [6.07, 6.45) is 0. The quantitative estimate of drug-likeness (QED) is 0.527. The Morgan fingerprint density at radius 1 is 1.00 bits per heavy atom. The second-order valence-electron chi connectivity index (χ2n) is 7.12. The summed E-state index contributed by atoms with van der Waals surface area (Å²) in [7, 11) is -4.04. The van der Waals surface area contributed by atoms with Gasteiger partial charge in [-0.3, -0.25) is 9.10 Å². The molecule has 0 saturated carbocycles. The van der Waals surface area contributed by atoms with Gasteiger partial charge in [0.1, 0.15) is 18.1 Å². The molecule has 0 unspecified atom stereocenters. The van der Waals surface area contributed by atoms with Crippen molar-refractivity contribution in [1.29, 1.82) is 0 Å². The number of benzene rings is 3. The normalized spacial score (nSPS) is 11.1. The molecule has 168 valence electrons. The number of carbonyl (C=O) groups is 1. The second-order valence-corrected chi connectivity index (χ2v) is 8.98. The summed E-state index contributed by atoms with van der Waals surface area (Å²) in [6.45, 7) is 3.69. The summed E-state index contributed by atoms with van der Waals surface area (Å²) >= 11 is 0. The third kappa shape index (κ3) is 5.64. The minimum absolute atomic E-state index is 0.0310. The molecular formula is C24H25FN2O4S. The summed E-state index contributed by atoms with van der Waals surface area (Å²) < 4.78 is 47.0. The van der Waals surface area contributed by atoms with E-state index < -0.39 is 28.3 Å². The molecule has 0 aromatic heterocycles. The molecule has 0 atom stereocenters. The molecule has 0 aliphatic heterocycles. The first-order chi connectivity index (χ1) is 15.3. The zero-order valence-electron chi connectivity index (χ0n) is 17.9. The standard InChI is InChI=1S/C24H25FN2O4S/c1-3-31-21-12-14-22(15-13-21)32(29,30)27(20-10-8-18(2)9-11-20)17-24(28)26-16-19-6-4-5-7-23(19)25/h4-15H,3,16-17H2,1-2H3,(H,26,28). The van der Waals surface area contributed by atoms with Crippen LogP contribution in [0.2, 0.25) is 0 Å². The highest BCUT2D eigenvalue weighted by Crippen LogP contribution is 2.25. The highest BCUT2D eigenvalue weighted by Gasteiger charge is 2.27. The highest BCUT2D eigenvalue weighted by molar-refractivity contribution is 7.92. The molecule has 0 heterocycles. The molecule has 0 aliphatic carbocycles. The maximum absolute atomic E-state index is 13.8. The van der Waals surface area contributed by atoms with E-state index in [9.17, 15) is 17.6 Å². The van der Waals surface area contributed by atoms with Crippen molar-refractivity contribution in [3.8, 4) is 5.75 Å². The Bertz CT molecular complexity index is 1160. The highest BCUT2D eigenvalue weighted by atomic mass is 32.2. The van der Waals surface area contributed by atoms with Crippen LogP contribution in [-0.2, 0) is 21.4 Å². The van der Waals surface area contributed by atoms with Crippen LogP contribution in [0.1, 0.15) is 18.1 Å². The molecule has 0 fully saturated rings. The van der Waals surface area contributed by atoms with Gasteiger partial charge in [0.15, 0.2) is 0 Å². The number of aryl methyl sites for hydroxylation is 1. The first-order valence-corrected chi connectivity index (χ1v) is 11.6. The van der Waals surface area contributed by atoms with Gasteiger partial charge in [0, 0.05) is 12.1 Å². The van der Waals surface area contributed by atoms with Crippen molar-refractivity contribution in [3.63, 3.8) is 0 Å². The number of hydrogen-bond donors (Lipinski definition) is 1. The van der Waals surface area contributed by atoms with Crippen LogP contribution in [-0.4, -0.2) is 27.5 Å². The molecule has 0 aliphatic rings. The van der Waals surface area contributed by atoms with Gasteiger partial charge in [-0.1, -0.05) is 35.9 Å².